The van der Waals surface area contributed by atoms with E-state index in [-0.39, 0.29) is 23.1 Å². The minimum Gasteiger partial charge on any atom is -0.444 e. The van der Waals surface area contributed by atoms with E-state index in [9.17, 15) is 4.79 Å². The Morgan fingerprint density at radius 3 is 2.69 bits per heavy atom. The number of carbonyl (C=O) groups excluding carboxylic acids is 1. The van der Waals surface area contributed by atoms with Gasteiger partial charge in [-0.3, -0.25) is 9.69 Å². The van der Waals surface area contributed by atoms with E-state index in [0.717, 1.165) is 85.1 Å². The Balaban J connectivity index is 1.07. The number of piperidine rings is 1. The van der Waals surface area contributed by atoms with Crippen molar-refractivity contribution in [3.05, 3.63) is 81.6 Å². The van der Waals surface area contributed by atoms with Gasteiger partial charge in [0.15, 0.2) is 11.5 Å². The summed E-state index contributed by atoms with van der Waals surface area (Å²) in [6.07, 6.45) is 5.05. The summed E-state index contributed by atoms with van der Waals surface area (Å²) < 4.78 is 36.3. The first kappa shape index (κ1) is 27.3. The highest BCUT2D eigenvalue weighted by molar-refractivity contribution is 9.10. The van der Waals surface area contributed by atoms with Gasteiger partial charge in [0.2, 0.25) is 5.91 Å². The van der Waals surface area contributed by atoms with Gasteiger partial charge in [-0.1, -0.05) is 12.1 Å². The number of fused-ring (bicyclic) bond motifs is 2. The average Bonchev–Trinajstić information content (AvgIpc) is 3.47. The highest BCUT2D eigenvalue weighted by Crippen LogP contribution is 2.49. The predicted molar refractivity (Wildman–Crippen MR) is 157 cm³/mol. The molecule has 2 atom stereocenters. The number of aromatic nitrogens is 3. The van der Waals surface area contributed by atoms with Crippen molar-refractivity contribution in [2.75, 3.05) is 19.7 Å². The number of likely N-dealkylation sites (tertiary alicyclic amines) is 1. The van der Waals surface area contributed by atoms with Crippen LogP contribution in [0.15, 0.2) is 53.3 Å². The first-order valence-corrected chi connectivity index (χ1v) is 15.0. The van der Waals surface area contributed by atoms with Gasteiger partial charge in [-0.05, 0) is 84.5 Å². The zero-order valence-electron chi connectivity index (χ0n) is 23.2. The molecule has 2 aromatic carbocycles. The number of hydrogen-bond donors (Lipinski definition) is 1. The van der Waals surface area contributed by atoms with Gasteiger partial charge < -0.3 is 24.5 Å². The molecule has 0 aliphatic carbocycles. The number of ether oxygens (including phenoxy) is 3. The molecule has 5 heterocycles. The molecule has 2 saturated heterocycles. The summed E-state index contributed by atoms with van der Waals surface area (Å²) in [6, 6.07) is 12.0. The zero-order valence-corrected chi connectivity index (χ0v) is 24.8. The van der Waals surface area contributed by atoms with Crippen LogP contribution in [0.2, 0.25) is 0 Å². The molecule has 0 bridgehead atoms. The van der Waals surface area contributed by atoms with Gasteiger partial charge in [0.25, 0.3) is 5.79 Å². The molecule has 2 fully saturated rings. The molecule has 1 amide bonds. The van der Waals surface area contributed by atoms with Gasteiger partial charge in [0, 0.05) is 24.7 Å². The van der Waals surface area contributed by atoms with Crippen LogP contribution in [0.1, 0.15) is 59.4 Å². The number of halogens is 2. The van der Waals surface area contributed by atoms with Gasteiger partial charge in [0.1, 0.15) is 16.2 Å². The first-order valence-electron chi connectivity index (χ1n) is 14.2. The third kappa shape index (κ3) is 4.93. The fourth-order valence-electron chi connectivity index (χ4n) is 6.22. The summed E-state index contributed by atoms with van der Waals surface area (Å²) in [5.41, 5.74) is 8.65. The van der Waals surface area contributed by atoms with Crippen molar-refractivity contribution in [2.24, 2.45) is 5.73 Å². The van der Waals surface area contributed by atoms with Crippen LogP contribution in [0.3, 0.4) is 0 Å². The summed E-state index contributed by atoms with van der Waals surface area (Å²) >= 11 is 3.47. The lowest BCUT2D eigenvalue weighted by molar-refractivity contribution is -0.0712. The lowest BCUT2D eigenvalue weighted by Gasteiger charge is -2.33. The predicted octanol–water partition coefficient (Wildman–Crippen LogP) is 5.24. The SMILES string of the molecule is C[C@]1(c2ccc(C(N)=O)cc2F)Oc2cccc(C3CCN(Cc4nc5cc(Br)ncc5n4C[C@@H]4CCO4)CC3)c2O1. The number of nitrogens with two attached hydrogens (primary N) is 1. The van der Waals surface area contributed by atoms with Crippen molar-refractivity contribution in [1.82, 2.24) is 19.4 Å². The van der Waals surface area contributed by atoms with Crippen LogP contribution < -0.4 is 15.2 Å². The van der Waals surface area contributed by atoms with Gasteiger partial charge in [0.05, 0.1) is 42.0 Å². The molecule has 3 aliphatic heterocycles. The van der Waals surface area contributed by atoms with Crippen LogP contribution in [0.25, 0.3) is 11.0 Å². The molecule has 7 rings (SSSR count). The van der Waals surface area contributed by atoms with Crippen molar-refractivity contribution >= 4 is 32.9 Å². The number of benzene rings is 2. The molecule has 2 aromatic heterocycles. The zero-order chi connectivity index (χ0) is 29.0. The summed E-state index contributed by atoms with van der Waals surface area (Å²) in [4.78, 5) is 23.3. The minimum absolute atomic E-state index is 0.0966. The largest absolute Gasteiger partial charge is 0.444 e. The fourth-order valence-corrected chi connectivity index (χ4v) is 6.54. The molecule has 9 nitrogen and oxygen atoms in total. The number of pyridine rings is 1. The molecular weight excluding hydrogens is 605 g/mol. The number of amides is 1. The molecular formula is C31H31BrFN5O4. The molecule has 0 saturated carbocycles. The van der Waals surface area contributed by atoms with Crippen molar-refractivity contribution in [3.8, 4) is 11.5 Å². The number of nitrogens with zero attached hydrogens (tertiary/aromatic N) is 4. The van der Waals surface area contributed by atoms with Crippen LogP contribution >= 0.6 is 15.9 Å². The molecule has 11 heteroatoms. The topological polar surface area (TPSA) is 105 Å². The molecule has 42 heavy (non-hydrogen) atoms. The van der Waals surface area contributed by atoms with E-state index in [4.69, 9.17) is 24.9 Å². The standard InChI is InChI=1S/C31H31BrFN5O4/c1-31(22-6-5-19(30(34)39)13-23(22)33)41-26-4-2-3-21(29(26)42-31)18-7-10-37(11-8-18)17-28-36-24-14-27(32)35-15-25(24)38(28)16-20-9-12-40-20/h2-6,13-15,18,20H,7-12,16-17H2,1H3,(H2,34,39)/t20-,31-/m0/s1. The quantitative estimate of drug-likeness (QED) is 0.277. The molecule has 218 valence electrons. The number of primary amides is 1. The van der Waals surface area contributed by atoms with Crippen LogP contribution in [0, 0.1) is 5.82 Å². The smallest absolute Gasteiger partial charge is 0.278 e. The van der Waals surface area contributed by atoms with Gasteiger partial charge in [-0.15, -0.1) is 0 Å². The lowest BCUT2D eigenvalue weighted by Crippen LogP contribution is -2.35. The molecule has 0 unspecified atom stereocenters. The maximum atomic E-state index is 15.0. The monoisotopic (exact) mass is 635 g/mol. The van der Waals surface area contributed by atoms with E-state index in [1.54, 1.807) is 6.92 Å². The minimum atomic E-state index is -1.35. The molecule has 0 spiro atoms. The van der Waals surface area contributed by atoms with E-state index >= 15 is 4.39 Å². The maximum absolute atomic E-state index is 15.0. The summed E-state index contributed by atoms with van der Waals surface area (Å²) in [7, 11) is 0. The normalized spacial score (nSPS) is 22.4. The van der Waals surface area contributed by atoms with Crippen LogP contribution in [-0.2, 0) is 23.6 Å². The second-order valence-electron chi connectivity index (χ2n) is 11.3. The van der Waals surface area contributed by atoms with Gasteiger partial charge in [-0.2, -0.15) is 0 Å². The Bertz CT molecular complexity index is 1680. The number of carbonyl (C=O) groups is 1. The van der Waals surface area contributed by atoms with Crippen molar-refractivity contribution in [3.63, 3.8) is 0 Å². The molecule has 3 aliphatic rings. The number of rotatable bonds is 7. The van der Waals surface area contributed by atoms with E-state index in [2.05, 4.69) is 36.4 Å². The third-order valence-corrected chi connectivity index (χ3v) is 9.04. The molecule has 4 aromatic rings. The Morgan fingerprint density at radius 2 is 1.98 bits per heavy atom. The second-order valence-corrected chi connectivity index (χ2v) is 12.2. The fraction of sp³-hybridized carbons (Fsp3) is 0.387. The van der Waals surface area contributed by atoms with E-state index in [0.29, 0.717) is 11.5 Å². The number of hydrogen-bond acceptors (Lipinski definition) is 7. The second kappa shape index (κ2) is 10.6. The first-order chi connectivity index (χ1) is 20.3. The highest BCUT2D eigenvalue weighted by atomic mass is 79.9. The van der Waals surface area contributed by atoms with Crippen LogP contribution in [-0.4, -0.2) is 51.1 Å². The number of para-hydroxylation sites is 1. The van der Waals surface area contributed by atoms with E-state index in [1.807, 2.05) is 24.4 Å². The van der Waals surface area contributed by atoms with Gasteiger partial charge >= 0.3 is 0 Å². The Labute approximate surface area is 250 Å². The Kier molecular flexibility index (Phi) is 6.91. The molecule has 2 N–H and O–H groups in total. The summed E-state index contributed by atoms with van der Waals surface area (Å²) in [5, 5.41) is 0. The van der Waals surface area contributed by atoms with Gasteiger partial charge in [-0.25, -0.2) is 14.4 Å². The Morgan fingerprint density at radius 1 is 1.17 bits per heavy atom. The average molecular weight is 637 g/mol. The summed E-state index contributed by atoms with van der Waals surface area (Å²) in [5.74, 6) is -0.116. The number of imidazole rings is 1. The highest BCUT2D eigenvalue weighted by Gasteiger charge is 2.43. The van der Waals surface area contributed by atoms with Crippen molar-refractivity contribution in [2.45, 2.75) is 57.1 Å². The van der Waals surface area contributed by atoms with Crippen LogP contribution in [0.4, 0.5) is 4.39 Å². The maximum Gasteiger partial charge on any atom is 0.278 e. The van der Waals surface area contributed by atoms with Crippen molar-refractivity contribution in [1.29, 1.82) is 0 Å². The van der Waals surface area contributed by atoms with Crippen LogP contribution in [0.5, 0.6) is 11.5 Å². The lowest BCUT2D eigenvalue weighted by atomic mass is 9.88. The Hall–Kier alpha value is -3.54. The summed E-state index contributed by atoms with van der Waals surface area (Å²) in [6.45, 7) is 5.84. The van der Waals surface area contributed by atoms with E-state index in [1.165, 1.54) is 12.1 Å². The third-order valence-electron chi connectivity index (χ3n) is 8.61. The van der Waals surface area contributed by atoms with E-state index < -0.39 is 17.5 Å². The molecule has 0 radical (unpaired) electrons. The van der Waals surface area contributed by atoms with Crippen molar-refractivity contribution < 1.29 is 23.4 Å².